The quantitative estimate of drug-likeness (QED) is 0.357. The van der Waals surface area contributed by atoms with Crippen LogP contribution in [0.2, 0.25) is 0 Å². The van der Waals surface area contributed by atoms with Crippen molar-refractivity contribution in [2.75, 3.05) is 6.61 Å². The third kappa shape index (κ3) is 6.99. The highest BCUT2D eigenvalue weighted by Gasteiger charge is 2.03. The SMILES string of the molecule is CC(=O)C(C)C/C=C/CO[N+](=O)[O-]. The van der Waals surface area contributed by atoms with Crippen molar-refractivity contribution in [1.29, 1.82) is 0 Å². The van der Waals surface area contributed by atoms with E-state index in [1.54, 1.807) is 13.0 Å². The minimum absolute atomic E-state index is 0.0353. The Labute approximate surface area is 76.5 Å². The van der Waals surface area contributed by atoms with Gasteiger partial charge in [0.15, 0.2) is 0 Å². The summed E-state index contributed by atoms with van der Waals surface area (Å²) in [4.78, 5) is 24.5. The predicted molar refractivity (Wildman–Crippen MR) is 46.5 cm³/mol. The molecule has 0 aliphatic rings. The zero-order chi connectivity index (χ0) is 10.3. The number of rotatable bonds is 6. The van der Waals surface area contributed by atoms with E-state index in [2.05, 4.69) is 4.84 Å². The summed E-state index contributed by atoms with van der Waals surface area (Å²) in [5.74, 6) is 0.0756. The summed E-state index contributed by atoms with van der Waals surface area (Å²) >= 11 is 0. The van der Waals surface area contributed by atoms with Gasteiger partial charge in [0.2, 0.25) is 0 Å². The fourth-order valence-electron chi connectivity index (χ4n) is 0.638. The minimum atomic E-state index is -0.848. The highest BCUT2D eigenvalue weighted by molar-refractivity contribution is 5.77. The molecule has 0 aromatic carbocycles. The molecule has 1 unspecified atom stereocenters. The van der Waals surface area contributed by atoms with Gasteiger partial charge in [-0.3, -0.25) is 4.79 Å². The van der Waals surface area contributed by atoms with E-state index in [0.717, 1.165) is 0 Å². The van der Waals surface area contributed by atoms with Gasteiger partial charge in [-0.15, -0.1) is 10.1 Å². The molecule has 0 bridgehead atoms. The molecule has 13 heavy (non-hydrogen) atoms. The standard InChI is InChI=1S/C8H13NO4/c1-7(8(2)10)5-3-4-6-13-9(11)12/h3-4,7H,5-6H2,1-2H3/b4-3+. The zero-order valence-corrected chi connectivity index (χ0v) is 7.73. The van der Waals surface area contributed by atoms with Crippen molar-refractivity contribution >= 4 is 5.78 Å². The van der Waals surface area contributed by atoms with Crippen molar-refractivity contribution in [3.8, 4) is 0 Å². The van der Waals surface area contributed by atoms with Crippen molar-refractivity contribution < 1.29 is 14.7 Å². The van der Waals surface area contributed by atoms with E-state index in [4.69, 9.17) is 0 Å². The summed E-state index contributed by atoms with van der Waals surface area (Å²) < 4.78 is 0. The highest BCUT2D eigenvalue weighted by Crippen LogP contribution is 2.03. The summed E-state index contributed by atoms with van der Waals surface area (Å²) in [5, 5.41) is 8.85. The Bertz CT molecular complexity index is 212. The average molecular weight is 187 g/mol. The van der Waals surface area contributed by atoms with Gasteiger partial charge in [-0.2, -0.15) is 0 Å². The minimum Gasteiger partial charge on any atom is -0.310 e. The number of hydrogen-bond acceptors (Lipinski definition) is 4. The molecule has 0 aromatic rings. The maximum Gasteiger partial charge on any atom is 0.294 e. The van der Waals surface area contributed by atoms with Crippen LogP contribution in [-0.2, 0) is 9.63 Å². The summed E-state index contributed by atoms with van der Waals surface area (Å²) in [6, 6.07) is 0. The van der Waals surface area contributed by atoms with Crippen molar-refractivity contribution in [3.05, 3.63) is 22.3 Å². The van der Waals surface area contributed by atoms with Crippen LogP contribution in [0.15, 0.2) is 12.2 Å². The molecule has 74 valence electrons. The van der Waals surface area contributed by atoms with E-state index in [9.17, 15) is 14.9 Å². The third-order valence-electron chi connectivity index (χ3n) is 1.63. The summed E-state index contributed by atoms with van der Waals surface area (Å²) in [6.45, 7) is 3.27. The maximum absolute atomic E-state index is 10.7. The van der Waals surface area contributed by atoms with Gasteiger partial charge in [0.05, 0.1) is 0 Å². The lowest BCUT2D eigenvalue weighted by molar-refractivity contribution is -0.755. The molecule has 0 aliphatic heterocycles. The highest BCUT2D eigenvalue weighted by atomic mass is 16.9. The number of carbonyl (C=O) groups excluding carboxylic acids is 1. The molecule has 0 spiro atoms. The fraction of sp³-hybridized carbons (Fsp3) is 0.625. The molecule has 0 aliphatic carbocycles. The summed E-state index contributed by atoms with van der Waals surface area (Å²) in [7, 11) is 0. The molecule has 0 amide bonds. The smallest absolute Gasteiger partial charge is 0.294 e. The Balaban J connectivity index is 3.52. The third-order valence-corrected chi connectivity index (χ3v) is 1.63. The number of ketones is 1. The molecule has 5 heteroatoms. The fourth-order valence-corrected chi connectivity index (χ4v) is 0.638. The molecule has 0 fully saturated rings. The Morgan fingerprint density at radius 2 is 2.23 bits per heavy atom. The van der Waals surface area contributed by atoms with Crippen LogP contribution in [0.4, 0.5) is 0 Å². The van der Waals surface area contributed by atoms with E-state index in [0.29, 0.717) is 6.42 Å². The molecule has 0 rings (SSSR count). The largest absolute Gasteiger partial charge is 0.310 e. The molecule has 0 aromatic heterocycles. The van der Waals surface area contributed by atoms with Gasteiger partial charge in [0.25, 0.3) is 5.09 Å². The zero-order valence-electron chi connectivity index (χ0n) is 7.73. The van der Waals surface area contributed by atoms with Crippen molar-refractivity contribution in [2.24, 2.45) is 5.92 Å². The van der Waals surface area contributed by atoms with Gasteiger partial charge in [-0.05, 0) is 13.3 Å². The second-order valence-corrected chi connectivity index (χ2v) is 2.74. The van der Waals surface area contributed by atoms with Gasteiger partial charge in [-0.1, -0.05) is 19.1 Å². The van der Waals surface area contributed by atoms with Crippen molar-refractivity contribution in [2.45, 2.75) is 20.3 Å². The first kappa shape index (κ1) is 11.6. The van der Waals surface area contributed by atoms with Crippen LogP contribution in [0.25, 0.3) is 0 Å². The van der Waals surface area contributed by atoms with E-state index < -0.39 is 5.09 Å². The second-order valence-electron chi connectivity index (χ2n) is 2.74. The van der Waals surface area contributed by atoms with Crippen LogP contribution in [0.5, 0.6) is 0 Å². The first-order valence-electron chi connectivity index (χ1n) is 3.96. The van der Waals surface area contributed by atoms with Crippen LogP contribution >= 0.6 is 0 Å². The van der Waals surface area contributed by atoms with Gasteiger partial charge in [0.1, 0.15) is 12.4 Å². The lowest BCUT2D eigenvalue weighted by Crippen LogP contribution is -2.04. The van der Waals surface area contributed by atoms with Gasteiger partial charge >= 0.3 is 0 Å². The maximum atomic E-state index is 10.7. The first-order chi connectivity index (χ1) is 6.04. The van der Waals surface area contributed by atoms with Crippen LogP contribution in [0.3, 0.4) is 0 Å². The van der Waals surface area contributed by atoms with Crippen LogP contribution in [-0.4, -0.2) is 17.5 Å². The normalized spacial score (nSPS) is 12.8. The molecule has 0 saturated heterocycles. The summed E-state index contributed by atoms with van der Waals surface area (Å²) in [5.41, 5.74) is 0. The molecule has 0 radical (unpaired) electrons. The van der Waals surface area contributed by atoms with E-state index in [-0.39, 0.29) is 18.3 Å². The molecule has 0 heterocycles. The molecule has 0 saturated carbocycles. The van der Waals surface area contributed by atoms with Crippen LogP contribution in [0, 0.1) is 16.0 Å². The monoisotopic (exact) mass is 187 g/mol. The Kier molecular flexibility index (Phi) is 5.50. The average Bonchev–Trinajstić information content (AvgIpc) is 2.02. The number of nitrogens with zero attached hydrogens (tertiary/aromatic N) is 1. The number of carbonyl (C=O) groups is 1. The topological polar surface area (TPSA) is 69.4 Å². The first-order valence-corrected chi connectivity index (χ1v) is 3.96. The van der Waals surface area contributed by atoms with Crippen molar-refractivity contribution in [3.63, 3.8) is 0 Å². The van der Waals surface area contributed by atoms with Gasteiger partial charge < -0.3 is 4.84 Å². The predicted octanol–water partition coefficient (Wildman–Crippen LogP) is 1.37. The van der Waals surface area contributed by atoms with Crippen molar-refractivity contribution in [1.82, 2.24) is 0 Å². The Morgan fingerprint density at radius 1 is 1.62 bits per heavy atom. The van der Waals surface area contributed by atoms with Gasteiger partial charge in [-0.25, -0.2) is 0 Å². The molecule has 1 atom stereocenters. The van der Waals surface area contributed by atoms with E-state index in [1.165, 1.54) is 13.0 Å². The number of Topliss-reactive ketones (excluding diaryl/α,β-unsaturated/α-hetero) is 1. The molecule has 0 N–H and O–H groups in total. The second kappa shape index (κ2) is 6.16. The molecular formula is C8H13NO4. The Morgan fingerprint density at radius 3 is 2.69 bits per heavy atom. The number of hydrogen-bond donors (Lipinski definition) is 0. The van der Waals surface area contributed by atoms with Gasteiger partial charge in [0, 0.05) is 5.92 Å². The summed E-state index contributed by atoms with van der Waals surface area (Å²) in [6.07, 6.45) is 3.83. The lowest BCUT2D eigenvalue weighted by Gasteiger charge is -2.01. The van der Waals surface area contributed by atoms with E-state index >= 15 is 0 Å². The molecule has 5 nitrogen and oxygen atoms in total. The Hall–Kier alpha value is -1.39. The molecular weight excluding hydrogens is 174 g/mol. The van der Waals surface area contributed by atoms with Crippen LogP contribution in [0.1, 0.15) is 20.3 Å². The number of allylic oxidation sites excluding steroid dienone is 1. The van der Waals surface area contributed by atoms with Crippen LogP contribution < -0.4 is 0 Å². The van der Waals surface area contributed by atoms with E-state index in [1.807, 2.05) is 0 Å². The lowest BCUT2D eigenvalue weighted by atomic mass is 10.0.